The van der Waals surface area contributed by atoms with Crippen LogP contribution in [-0.2, 0) is 0 Å². The summed E-state index contributed by atoms with van der Waals surface area (Å²) in [6, 6.07) is 7.98. The molecule has 0 radical (unpaired) electrons. The van der Waals surface area contributed by atoms with E-state index in [0.29, 0.717) is 35.0 Å². The van der Waals surface area contributed by atoms with Crippen molar-refractivity contribution in [2.75, 3.05) is 5.32 Å². The molecule has 1 fully saturated rings. The fourth-order valence-electron chi connectivity index (χ4n) is 4.53. The van der Waals surface area contributed by atoms with E-state index >= 15 is 0 Å². The molecule has 0 unspecified atom stereocenters. The summed E-state index contributed by atoms with van der Waals surface area (Å²) in [6.07, 6.45) is 9.63. The highest BCUT2D eigenvalue weighted by Crippen LogP contribution is 2.34. The summed E-state index contributed by atoms with van der Waals surface area (Å²) < 4.78 is 16.7. The minimum atomic E-state index is -0.347. The standard InChI is InChI=1S/C25H27FN6OS/c1-16(2)31-15-22(32(25(31)33)20-9-5-18(26)6-10-20)21-11-12-28-24(30-21)29-19-7-3-17(4-8-19)23-27-13-14-34-23/h5-6,9-17,19H,3-4,7-8H2,1-2H3,(H,28,29,30). The molecule has 0 aliphatic heterocycles. The molecule has 1 aromatic carbocycles. The van der Waals surface area contributed by atoms with Gasteiger partial charge in [-0.25, -0.2) is 24.1 Å². The van der Waals surface area contributed by atoms with E-state index in [1.807, 2.05) is 31.6 Å². The number of imidazole rings is 1. The number of halogens is 1. The maximum absolute atomic E-state index is 13.5. The van der Waals surface area contributed by atoms with Crippen LogP contribution in [0.2, 0.25) is 0 Å². The van der Waals surface area contributed by atoms with Gasteiger partial charge >= 0.3 is 5.69 Å². The summed E-state index contributed by atoms with van der Waals surface area (Å²) in [5, 5.41) is 6.75. The lowest BCUT2D eigenvalue weighted by Gasteiger charge is -2.28. The quantitative estimate of drug-likeness (QED) is 0.401. The molecule has 4 aromatic rings. The van der Waals surface area contributed by atoms with Crippen LogP contribution in [0, 0.1) is 5.82 Å². The van der Waals surface area contributed by atoms with E-state index in [1.54, 1.807) is 44.9 Å². The van der Waals surface area contributed by atoms with Gasteiger partial charge in [0.05, 0.1) is 22.1 Å². The molecule has 3 aromatic heterocycles. The van der Waals surface area contributed by atoms with Crippen LogP contribution in [0.3, 0.4) is 0 Å². The van der Waals surface area contributed by atoms with Gasteiger partial charge in [0.25, 0.3) is 0 Å². The van der Waals surface area contributed by atoms with Crippen molar-refractivity contribution < 1.29 is 4.39 Å². The number of hydrogen-bond acceptors (Lipinski definition) is 6. The zero-order valence-electron chi connectivity index (χ0n) is 19.2. The summed E-state index contributed by atoms with van der Waals surface area (Å²) >= 11 is 1.73. The van der Waals surface area contributed by atoms with Crippen LogP contribution >= 0.6 is 11.3 Å². The second kappa shape index (κ2) is 9.50. The highest BCUT2D eigenvalue weighted by Gasteiger charge is 2.25. The second-order valence-corrected chi connectivity index (χ2v) is 9.86. The molecule has 1 N–H and O–H groups in total. The Morgan fingerprint density at radius 1 is 1.06 bits per heavy atom. The summed E-state index contributed by atoms with van der Waals surface area (Å²) in [5.74, 6) is 0.733. The molecule has 1 aliphatic carbocycles. The predicted octanol–water partition coefficient (Wildman–Crippen LogP) is 5.41. The average Bonchev–Trinajstić information content (AvgIpc) is 3.49. The van der Waals surface area contributed by atoms with Crippen LogP contribution in [-0.4, -0.2) is 30.1 Å². The number of anilines is 1. The summed E-state index contributed by atoms with van der Waals surface area (Å²) in [6.45, 7) is 3.91. The van der Waals surface area contributed by atoms with Crippen molar-refractivity contribution in [1.82, 2.24) is 24.1 Å². The van der Waals surface area contributed by atoms with Crippen molar-refractivity contribution in [2.45, 2.75) is 57.5 Å². The van der Waals surface area contributed by atoms with Crippen LogP contribution in [0.5, 0.6) is 0 Å². The molecule has 0 spiro atoms. The van der Waals surface area contributed by atoms with Gasteiger partial charge in [-0.15, -0.1) is 11.3 Å². The first-order chi connectivity index (χ1) is 16.5. The van der Waals surface area contributed by atoms with Crippen LogP contribution in [0.1, 0.15) is 56.5 Å². The first-order valence-corrected chi connectivity index (χ1v) is 12.5. The molecule has 0 saturated heterocycles. The maximum atomic E-state index is 13.5. The number of nitrogens with one attached hydrogen (secondary N) is 1. The van der Waals surface area contributed by atoms with Gasteiger partial charge in [-0.1, -0.05) is 0 Å². The Hall–Kier alpha value is -3.33. The number of rotatable bonds is 6. The third-order valence-corrected chi connectivity index (χ3v) is 7.27. The lowest BCUT2D eigenvalue weighted by atomic mass is 9.86. The van der Waals surface area contributed by atoms with Crippen molar-refractivity contribution in [3.63, 3.8) is 0 Å². The summed E-state index contributed by atoms with van der Waals surface area (Å²) in [4.78, 5) is 26.8. The molecule has 3 heterocycles. The smallest absolute Gasteiger partial charge is 0.333 e. The molecule has 5 rings (SSSR count). The van der Waals surface area contributed by atoms with Gasteiger partial charge in [0.15, 0.2) is 0 Å². The number of nitrogens with zero attached hydrogens (tertiary/aromatic N) is 5. The van der Waals surface area contributed by atoms with Gasteiger partial charge in [-0.3, -0.25) is 9.13 Å². The lowest BCUT2D eigenvalue weighted by Crippen LogP contribution is -2.26. The topological polar surface area (TPSA) is 77.6 Å². The fraction of sp³-hybridized carbons (Fsp3) is 0.360. The molecule has 34 heavy (non-hydrogen) atoms. The second-order valence-electron chi connectivity index (χ2n) is 8.94. The number of hydrogen-bond donors (Lipinski definition) is 1. The van der Waals surface area contributed by atoms with E-state index in [4.69, 9.17) is 4.98 Å². The van der Waals surface area contributed by atoms with Gasteiger partial charge < -0.3 is 5.32 Å². The third-order valence-electron chi connectivity index (χ3n) is 6.33. The van der Waals surface area contributed by atoms with E-state index in [9.17, 15) is 9.18 Å². The molecule has 9 heteroatoms. The third kappa shape index (κ3) is 4.52. The number of thiazole rings is 1. The van der Waals surface area contributed by atoms with E-state index in [2.05, 4.69) is 15.3 Å². The van der Waals surface area contributed by atoms with Crippen LogP contribution in [0.15, 0.2) is 59.1 Å². The predicted molar refractivity (Wildman–Crippen MR) is 132 cm³/mol. The molecule has 1 aliphatic rings. The van der Waals surface area contributed by atoms with Crippen LogP contribution < -0.4 is 11.0 Å². The Morgan fingerprint density at radius 3 is 2.50 bits per heavy atom. The fourth-order valence-corrected chi connectivity index (χ4v) is 5.34. The normalized spacial score (nSPS) is 18.4. The summed E-state index contributed by atoms with van der Waals surface area (Å²) in [7, 11) is 0. The zero-order chi connectivity index (χ0) is 23.7. The molecule has 1 saturated carbocycles. The van der Waals surface area contributed by atoms with Crippen LogP contribution in [0.4, 0.5) is 10.3 Å². The average molecular weight is 479 g/mol. The van der Waals surface area contributed by atoms with E-state index in [1.165, 1.54) is 17.1 Å². The lowest BCUT2D eigenvalue weighted by molar-refractivity contribution is 0.410. The van der Waals surface area contributed by atoms with Crippen LogP contribution in [0.25, 0.3) is 17.1 Å². The first kappa shape index (κ1) is 22.5. The Balaban J connectivity index is 1.40. The highest BCUT2D eigenvalue weighted by atomic mass is 32.1. The van der Waals surface area contributed by atoms with Crippen molar-refractivity contribution in [3.8, 4) is 17.1 Å². The Labute approximate surface area is 201 Å². The minimum Gasteiger partial charge on any atom is -0.351 e. The van der Waals surface area contributed by atoms with E-state index in [0.717, 1.165) is 25.7 Å². The molecule has 0 atom stereocenters. The zero-order valence-corrected chi connectivity index (χ0v) is 20.0. The van der Waals surface area contributed by atoms with E-state index < -0.39 is 0 Å². The monoisotopic (exact) mass is 478 g/mol. The van der Waals surface area contributed by atoms with Gasteiger partial charge in [0, 0.05) is 42.0 Å². The first-order valence-electron chi connectivity index (χ1n) is 11.6. The largest absolute Gasteiger partial charge is 0.351 e. The molecule has 7 nitrogen and oxygen atoms in total. The molecule has 0 bridgehead atoms. The molecular formula is C25H27FN6OS. The van der Waals surface area contributed by atoms with Gasteiger partial charge in [0.1, 0.15) is 5.82 Å². The maximum Gasteiger partial charge on any atom is 0.333 e. The Bertz CT molecular complexity index is 1300. The van der Waals surface area contributed by atoms with Crippen molar-refractivity contribution in [3.05, 3.63) is 75.6 Å². The van der Waals surface area contributed by atoms with Gasteiger partial charge in [-0.05, 0) is 69.9 Å². The SMILES string of the molecule is CC(C)n1cc(-c2ccnc(NC3CCC(c4nccs4)CC3)n2)n(-c2ccc(F)cc2)c1=O. The van der Waals surface area contributed by atoms with Crippen molar-refractivity contribution in [2.24, 2.45) is 0 Å². The van der Waals surface area contributed by atoms with E-state index in [-0.39, 0.29) is 17.5 Å². The van der Waals surface area contributed by atoms with Gasteiger partial charge in [0.2, 0.25) is 5.95 Å². The minimum absolute atomic E-state index is 0.0274. The Kier molecular flexibility index (Phi) is 6.28. The Morgan fingerprint density at radius 2 is 1.82 bits per heavy atom. The molecule has 176 valence electrons. The molecular weight excluding hydrogens is 451 g/mol. The number of aromatic nitrogens is 5. The van der Waals surface area contributed by atoms with Crippen molar-refractivity contribution in [1.29, 1.82) is 0 Å². The summed E-state index contributed by atoms with van der Waals surface area (Å²) in [5.41, 5.74) is 1.68. The molecule has 0 amide bonds. The number of benzene rings is 1. The van der Waals surface area contributed by atoms with Crippen molar-refractivity contribution >= 4 is 17.3 Å². The highest BCUT2D eigenvalue weighted by molar-refractivity contribution is 7.09. The van der Waals surface area contributed by atoms with Gasteiger partial charge in [-0.2, -0.15) is 0 Å².